The third kappa shape index (κ3) is 4.88. The molecule has 0 spiro atoms. The Morgan fingerprint density at radius 2 is 1.75 bits per heavy atom. The Morgan fingerprint density at radius 1 is 1.07 bits per heavy atom. The number of carbonyl (C=O) groups is 2. The molecule has 6 heteroatoms. The molecule has 2 aromatic carbocycles. The summed E-state index contributed by atoms with van der Waals surface area (Å²) in [5, 5.41) is 2.83. The van der Waals surface area contributed by atoms with Gasteiger partial charge in [0, 0.05) is 13.1 Å². The first-order chi connectivity index (χ1) is 13.6. The van der Waals surface area contributed by atoms with E-state index in [9.17, 15) is 14.0 Å². The van der Waals surface area contributed by atoms with E-state index >= 15 is 0 Å². The number of anilines is 1. The number of rotatable bonds is 6. The van der Waals surface area contributed by atoms with Crippen LogP contribution in [0.3, 0.4) is 0 Å². The van der Waals surface area contributed by atoms with Crippen molar-refractivity contribution in [1.82, 2.24) is 4.90 Å². The molecule has 1 heterocycles. The van der Waals surface area contributed by atoms with Gasteiger partial charge in [-0.05, 0) is 62.1 Å². The lowest BCUT2D eigenvalue weighted by Gasteiger charge is -2.27. The molecule has 1 atom stereocenters. The van der Waals surface area contributed by atoms with Gasteiger partial charge in [-0.25, -0.2) is 4.39 Å². The minimum absolute atomic E-state index is 0.0666. The van der Waals surface area contributed by atoms with Crippen molar-refractivity contribution in [1.29, 1.82) is 0 Å². The second-order valence-electron chi connectivity index (χ2n) is 6.86. The van der Waals surface area contributed by atoms with Gasteiger partial charge in [-0.2, -0.15) is 0 Å². The first-order valence-corrected chi connectivity index (χ1v) is 9.70. The van der Waals surface area contributed by atoms with Crippen LogP contribution in [0.2, 0.25) is 0 Å². The van der Waals surface area contributed by atoms with E-state index in [1.54, 1.807) is 24.3 Å². The summed E-state index contributed by atoms with van der Waals surface area (Å²) in [6.07, 6.45) is 2.84. The van der Waals surface area contributed by atoms with Crippen LogP contribution in [0.15, 0.2) is 48.5 Å². The highest BCUT2D eigenvalue weighted by atomic mass is 19.1. The van der Waals surface area contributed by atoms with Crippen molar-refractivity contribution in [2.45, 2.75) is 38.7 Å². The first-order valence-electron chi connectivity index (χ1n) is 9.70. The van der Waals surface area contributed by atoms with Crippen LogP contribution in [-0.4, -0.2) is 35.9 Å². The molecule has 0 bridgehead atoms. The highest BCUT2D eigenvalue weighted by Gasteiger charge is 2.24. The minimum atomic E-state index is -0.747. The monoisotopic (exact) mass is 384 g/mol. The van der Waals surface area contributed by atoms with Gasteiger partial charge in [-0.15, -0.1) is 0 Å². The van der Waals surface area contributed by atoms with E-state index in [1.165, 1.54) is 24.3 Å². The first kappa shape index (κ1) is 19.9. The highest BCUT2D eigenvalue weighted by molar-refractivity contribution is 6.04. The van der Waals surface area contributed by atoms with Gasteiger partial charge in [0.1, 0.15) is 11.6 Å². The van der Waals surface area contributed by atoms with Gasteiger partial charge in [0.05, 0.1) is 11.3 Å². The zero-order valence-electron chi connectivity index (χ0n) is 16.0. The summed E-state index contributed by atoms with van der Waals surface area (Å²) in [5.74, 6) is -0.357. The number of likely N-dealkylation sites (tertiary alicyclic amines) is 1. The Bertz CT molecular complexity index is 817. The Balaban J connectivity index is 1.72. The lowest BCUT2D eigenvalue weighted by molar-refractivity contribution is -0.122. The number of halogens is 1. The molecule has 1 N–H and O–H groups in total. The van der Waals surface area contributed by atoms with E-state index < -0.39 is 6.10 Å². The number of ether oxygens (including phenoxy) is 1. The zero-order chi connectivity index (χ0) is 19.9. The molecule has 2 aromatic rings. The van der Waals surface area contributed by atoms with Crippen LogP contribution in [0.5, 0.6) is 5.75 Å². The topological polar surface area (TPSA) is 58.6 Å². The molecule has 148 valence electrons. The smallest absolute Gasteiger partial charge is 0.265 e. The minimum Gasteiger partial charge on any atom is -0.481 e. The van der Waals surface area contributed by atoms with Crippen LogP contribution in [0.4, 0.5) is 10.1 Å². The average molecular weight is 384 g/mol. The summed E-state index contributed by atoms with van der Waals surface area (Å²) in [5.41, 5.74) is 0.957. The van der Waals surface area contributed by atoms with E-state index in [0.29, 0.717) is 23.4 Å². The molecule has 1 aliphatic rings. The summed E-state index contributed by atoms with van der Waals surface area (Å²) in [6.45, 7) is 3.32. The Kier molecular flexibility index (Phi) is 6.63. The zero-order valence-corrected chi connectivity index (χ0v) is 16.0. The van der Waals surface area contributed by atoms with Gasteiger partial charge < -0.3 is 15.0 Å². The van der Waals surface area contributed by atoms with E-state index in [4.69, 9.17) is 4.74 Å². The molecule has 0 aliphatic carbocycles. The quantitative estimate of drug-likeness (QED) is 0.810. The molecule has 1 unspecified atom stereocenters. The Hall–Kier alpha value is -2.89. The van der Waals surface area contributed by atoms with Gasteiger partial charge in [0.25, 0.3) is 11.8 Å². The second-order valence-corrected chi connectivity index (χ2v) is 6.86. The van der Waals surface area contributed by atoms with Gasteiger partial charge in [0.15, 0.2) is 6.10 Å². The molecular weight excluding hydrogens is 359 g/mol. The predicted octanol–water partition coefficient (Wildman–Crippen LogP) is 4.25. The lowest BCUT2D eigenvalue weighted by atomic mass is 10.1. The third-order valence-corrected chi connectivity index (χ3v) is 4.81. The number of para-hydroxylation sites is 1. The van der Waals surface area contributed by atoms with Gasteiger partial charge in [-0.3, -0.25) is 9.59 Å². The highest BCUT2D eigenvalue weighted by Crippen LogP contribution is 2.21. The molecule has 1 saturated heterocycles. The molecule has 1 aliphatic heterocycles. The number of hydrogen-bond acceptors (Lipinski definition) is 3. The maximum absolute atomic E-state index is 13.1. The largest absolute Gasteiger partial charge is 0.481 e. The lowest BCUT2D eigenvalue weighted by Crippen LogP contribution is -2.37. The van der Waals surface area contributed by atoms with Crippen LogP contribution in [-0.2, 0) is 4.79 Å². The molecule has 28 heavy (non-hydrogen) atoms. The van der Waals surface area contributed by atoms with Crippen molar-refractivity contribution >= 4 is 17.5 Å². The number of piperidine rings is 1. The van der Waals surface area contributed by atoms with Crippen LogP contribution >= 0.6 is 0 Å². The SMILES string of the molecule is CCC(Oc1ccc(F)cc1)C(=O)Nc1ccccc1C(=O)N1CCCCC1. The summed E-state index contributed by atoms with van der Waals surface area (Å²) >= 11 is 0. The fourth-order valence-corrected chi connectivity index (χ4v) is 3.26. The molecule has 1 fully saturated rings. The molecule has 0 radical (unpaired) electrons. The number of benzene rings is 2. The summed E-state index contributed by atoms with van der Waals surface area (Å²) < 4.78 is 18.8. The third-order valence-electron chi connectivity index (χ3n) is 4.81. The summed E-state index contributed by atoms with van der Waals surface area (Å²) in [6, 6.07) is 12.6. The Morgan fingerprint density at radius 3 is 2.43 bits per heavy atom. The van der Waals surface area contributed by atoms with Crippen molar-refractivity contribution in [2.75, 3.05) is 18.4 Å². The summed E-state index contributed by atoms with van der Waals surface area (Å²) in [7, 11) is 0. The predicted molar refractivity (Wildman–Crippen MR) is 106 cm³/mol. The van der Waals surface area contributed by atoms with Crippen molar-refractivity contribution in [3.8, 4) is 5.75 Å². The van der Waals surface area contributed by atoms with Crippen molar-refractivity contribution < 1.29 is 18.7 Å². The van der Waals surface area contributed by atoms with Gasteiger partial charge >= 0.3 is 0 Å². The van der Waals surface area contributed by atoms with E-state index in [1.807, 2.05) is 11.8 Å². The number of amides is 2. The van der Waals surface area contributed by atoms with Crippen molar-refractivity contribution in [3.63, 3.8) is 0 Å². The van der Waals surface area contributed by atoms with Crippen molar-refractivity contribution in [3.05, 3.63) is 59.9 Å². The number of nitrogens with one attached hydrogen (secondary N) is 1. The van der Waals surface area contributed by atoms with Gasteiger partial charge in [0.2, 0.25) is 0 Å². The average Bonchev–Trinajstić information content (AvgIpc) is 2.73. The number of nitrogens with zero attached hydrogens (tertiary/aromatic N) is 1. The fraction of sp³-hybridized carbons (Fsp3) is 0.364. The van der Waals surface area contributed by atoms with Gasteiger partial charge in [-0.1, -0.05) is 19.1 Å². The molecule has 5 nitrogen and oxygen atoms in total. The molecule has 0 saturated carbocycles. The van der Waals surface area contributed by atoms with Crippen LogP contribution in [0.1, 0.15) is 43.0 Å². The Labute approximate surface area is 164 Å². The van der Waals surface area contributed by atoms with Crippen LogP contribution in [0, 0.1) is 5.82 Å². The molecular formula is C22H25FN2O3. The second kappa shape index (κ2) is 9.35. The standard InChI is InChI=1S/C22H25FN2O3/c1-2-20(28-17-12-10-16(23)11-13-17)21(26)24-19-9-5-4-8-18(19)22(27)25-14-6-3-7-15-25/h4-5,8-13,20H,2-3,6-7,14-15H2,1H3,(H,24,26). The summed E-state index contributed by atoms with van der Waals surface area (Å²) in [4.78, 5) is 27.4. The molecule has 0 aromatic heterocycles. The normalized spacial score (nSPS) is 15.0. The maximum atomic E-state index is 13.1. The number of hydrogen-bond donors (Lipinski definition) is 1. The molecule has 2 amide bonds. The van der Waals surface area contributed by atoms with Crippen molar-refractivity contribution in [2.24, 2.45) is 0 Å². The van der Waals surface area contributed by atoms with Crippen LogP contribution < -0.4 is 10.1 Å². The van der Waals surface area contributed by atoms with E-state index in [-0.39, 0.29) is 17.6 Å². The van der Waals surface area contributed by atoms with E-state index in [2.05, 4.69) is 5.32 Å². The number of carbonyl (C=O) groups excluding carboxylic acids is 2. The maximum Gasteiger partial charge on any atom is 0.265 e. The van der Waals surface area contributed by atoms with E-state index in [0.717, 1.165) is 32.4 Å². The fourth-order valence-electron chi connectivity index (χ4n) is 3.26. The molecule has 3 rings (SSSR count). The van der Waals surface area contributed by atoms with Crippen LogP contribution in [0.25, 0.3) is 0 Å².